The van der Waals surface area contributed by atoms with Crippen molar-refractivity contribution < 1.29 is 4.79 Å². The van der Waals surface area contributed by atoms with Gasteiger partial charge in [-0.05, 0) is 31.0 Å². The van der Waals surface area contributed by atoms with E-state index < -0.39 is 0 Å². The van der Waals surface area contributed by atoms with Crippen LogP contribution in [0.25, 0.3) is 10.9 Å². The first-order valence-corrected chi connectivity index (χ1v) is 6.84. The largest absolute Gasteiger partial charge is 0.370 e. The molecule has 2 bridgehead atoms. The minimum absolute atomic E-state index is 0.351. The summed E-state index contributed by atoms with van der Waals surface area (Å²) in [5.74, 6) is 0.324. The van der Waals surface area contributed by atoms with Crippen molar-refractivity contribution in [1.29, 1.82) is 0 Å². The van der Waals surface area contributed by atoms with Crippen LogP contribution in [0.2, 0.25) is 0 Å². The highest BCUT2D eigenvalue weighted by atomic mass is 16.1. The van der Waals surface area contributed by atoms with Gasteiger partial charge >= 0.3 is 0 Å². The topological polar surface area (TPSA) is 51.3 Å². The van der Waals surface area contributed by atoms with Gasteiger partial charge in [0.2, 0.25) is 5.91 Å². The van der Waals surface area contributed by atoms with Crippen molar-refractivity contribution in [2.75, 3.05) is 18.0 Å². The number of anilines is 1. The number of aryl methyl sites for hydroxylation is 1. The predicted molar refractivity (Wildman–Crippen MR) is 75.6 cm³/mol. The lowest BCUT2D eigenvalue weighted by molar-refractivity contribution is 0.100. The van der Waals surface area contributed by atoms with Gasteiger partial charge in [-0.25, -0.2) is 0 Å². The quantitative estimate of drug-likeness (QED) is 0.847. The van der Waals surface area contributed by atoms with E-state index >= 15 is 0 Å². The Bertz CT molecular complexity index is 693. The minimum Gasteiger partial charge on any atom is -0.370 e. The lowest BCUT2D eigenvalue weighted by Gasteiger charge is -2.41. The monoisotopic (exact) mass is 255 g/mol. The van der Waals surface area contributed by atoms with E-state index in [4.69, 9.17) is 5.73 Å². The van der Waals surface area contributed by atoms with Crippen molar-refractivity contribution in [3.8, 4) is 0 Å². The van der Waals surface area contributed by atoms with Crippen LogP contribution in [0.4, 0.5) is 5.69 Å². The number of hydrogen-bond acceptors (Lipinski definition) is 2. The molecule has 1 fully saturated rings. The highest BCUT2D eigenvalue weighted by Gasteiger charge is 2.35. The Hall–Kier alpha value is -1.97. The summed E-state index contributed by atoms with van der Waals surface area (Å²) in [7, 11) is 2.13. The zero-order valence-corrected chi connectivity index (χ0v) is 11.0. The van der Waals surface area contributed by atoms with Crippen molar-refractivity contribution in [2.45, 2.75) is 18.8 Å². The Morgan fingerprint density at radius 2 is 2.05 bits per heavy atom. The summed E-state index contributed by atoms with van der Waals surface area (Å²) in [6.07, 6.45) is 2.50. The molecule has 3 aliphatic rings. The van der Waals surface area contributed by atoms with Gasteiger partial charge in [0.1, 0.15) is 0 Å². The Morgan fingerprint density at radius 1 is 1.32 bits per heavy atom. The van der Waals surface area contributed by atoms with E-state index in [1.807, 2.05) is 18.2 Å². The average Bonchev–Trinajstić information content (AvgIpc) is 2.76. The predicted octanol–water partition coefficient (Wildman–Crippen LogP) is 1.97. The molecule has 4 heterocycles. The van der Waals surface area contributed by atoms with Crippen molar-refractivity contribution in [2.24, 2.45) is 12.8 Å². The van der Waals surface area contributed by atoms with Crippen molar-refractivity contribution >= 4 is 22.5 Å². The van der Waals surface area contributed by atoms with Crippen molar-refractivity contribution in [3.05, 3.63) is 29.5 Å². The second-order valence-electron chi connectivity index (χ2n) is 5.65. The molecule has 4 nitrogen and oxygen atoms in total. The molecular weight excluding hydrogens is 238 g/mol. The van der Waals surface area contributed by atoms with Gasteiger partial charge in [-0.1, -0.05) is 0 Å². The van der Waals surface area contributed by atoms with Crippen LogP contribution >= 0.6 is 0 Å². The normalized spacial score (nSPS) is 18.1. The number of carbonyl (C=O) groups is 1. The van der Waals surface area contributed by atoms with Crippen molar-refractivity contribution in [1.82, 2.24) is 4.57 Å². The van der Waals surface area contributed by atoms with Crippen LogP contribution in [0.15, 0.2) is 18.2 Å². The smallest absolute Gasteiger partial charge is 0.248 e. The first-order chi connectivity index (χ1) is 9.16. The molecular formula is C15H17N3O. The van der Waals surface area contributed by atoms with E-state index in [0.29, 0.717) is 11.5 Å². The first kappa shape index (κ1) is 10.9. The van der Waals surface area contributed by atoms with Gasteiger partial charge in [0.05, 0.1) is 11.2 Å². The fourth-order valence-electron chi connectivity index (χ4n) is 3.77. The summed E-state index contributed by atoms with van der Waals surface area (Å²) in [6.45, 7) is 2.27. The third kappa shape index (κ3) is 1.31. The van der Waals surface area contributed by atoms with Gasteiger partial charge < -0.3 is 15.2 Å². The molecule has 1 aromatic carbocycles. The number of rotatable bonds is 1. The third-order valence-corrected chi connectivity index (χ3v) is 4.70. The molecule has 3 aliphatic heterocycles. The standard InChI is InChI=1S/C15H17N3O/c1-17-12-3-2-10(15(16)19)8-11(12)14-13(17)9-4-6-18(14)7-5-9/h2-3,8-9H,4-7H2,1H3,(H2,16,19). The molecule has 0 atom stereocenters. The van der Waals surface area contributed by atoms with Crippen LogP contribution < -0.4 is 10.6 Å². The van der Waals surface area contributed by atoms with E-state index in [1.54, 1.807) is 0 Å². The number of hydrogen-bond donors (Lipinski definition) is 1. The Kier molecular flexibility index (Phi) is 2.03. The van der Waals surface area contributed by atoms with Gasteiger partial charge in [0, 0.05) is 42.7 Å². The highest BCUT2D eigenvalue weighted by Crippen LogP contribution is 2.47. The molecule has 0 aliphatic carbocycles. The van der Waals surface area contributed by atoms with E-state index in [9.17, 15) is 4.79 Å². The Morgan fingerprint density at radius 3 is 2.74 bits per heavy atom. The fourth-order valence-corrected chi connectivity index (χ4v) is 3.77. The molecule has 0 spiro atoms. The molecule has 2 aromatic rings. The van der Waals surface area contributed by atoms with Crippen LogP contribution in [-0.4, -0.2) is 23.6 Å². The maximum absolute atomic E-state index is 11.4. The highest BCUT2D eigenvalue weighted by molar-refractivity contribution is 6.02. The van der Waals surface area contributed by atoms with Crippen LogP contribution in [0, 0.1) is 0 Å². The molecule has 2 N–H and O–H groups in total. The summed E-state index contributed by atoms with van der Waals surface area (Å²) in [5.41, 5.74) is 9.98. The lowest BCUT2D eigenvalue weighted by Crippen LogP contribution is -2.39. The molecule has 5 rings (SSSR count). The fraction of sp³-hybridized carbons (Fsp3) is 0.400. The van der Waals surface area contributed by atoms with E-state index in [-0.39, 0.29) is 5.91 Å². The van der Waals surface area contributed by atoms with Gasteiger partial charge in [0.25, 0.3) is 0 Å². The second kappa shape index (κ2) is 3.53. The zero-order chi connectivity index (χ0) is 13.1. The van der Waals surface area contributed by atoms with Crippen LogP contribution in [0.1, 0.15) is 34.8 Å². The van der Waals surface area contributed by atoms with Gasteiger partial charge in [-0.15, -0.1) is 0 Å². The summed E-state index contributed by atoms with van der Waals surface area (Å²) in [5, 5.41) is 1.18. The number of primary amides is 1. The van der Waals surface area contributed by atoms with Gasteiger partial charge in [0.15, 0.2) is 0 Å². The number of fused-ring (bicyclic) bond motifs is 3. The number of aromatic nitrogens is 1. The molecule has 1 aromatic heterocycles. The number of amides is 1. The minimum atomic E-state index is -0.351. The number of carbonyl (C=O) groups excluding carboxylic acids is 1. The molecule has 19 heavy (non-hydrogen) atoms. The maximum Gasteiger partial charge on any atom is 0.248 e. The second-order valence-corrected chi connectivity index (χ2v) is 5.65. The molecule has 0 saturated carbocycles. The number of piperidine rings is 1. The summed E-state index contributed by atoms with van der Waals surface area (Å²) in [6, 6.07) is 5.80. The maximum atomic E-state index is 11.4. The lowest BCUT2D eigenvalue weighted by atomic mass is 9.87. The molecule has 0 radical (unpaired) electrons. The molecule has 1 saturated heterocycles. The number of nitrogens with zero attached hydrogens (tertiary/aromatic N) is 2. The third-order valence-electron chi connectivity index (χ3n) is 4.70. The van der Waals surface area contributed by atoms with Crippen LogP contribution in [0.5, 0.6) is 0 Å². The summed E-state index contributed by atoms with van der Waals surface area (Å²) < 4.78 is 2.30. The van der Waals surface area contributed by atoms with Gasteiger partial charge in [-0.3, -0.25) is 4.79 Å². The molecule has 98 valence electrons. The van der Waals surface area contributed by atoms with Crippen LogP contribution in [-0.2, 0) is 7.05 Å². The van der Waals surface area contributed by atoms with E-state index in [0.717, 1.165) is 13.1 Å². The van der Waals surface area contributed by atoms with Gasteiger partial charge in [-0.2, -0.15) is 0 Å². The molecule has 4 heteroatoms. The van der Waals surface area contributed by atoms with E-state index in [2.05, 4.69) is 16.5 Å². The van der Waals surface area contributed by atoms with E-state index in [1.165, 1.54) is 35.1 Å². The average molecular weight is 255 g/mol. The molecule has 1 amide bonds. The van der Waals surface area contributed by atoms with Crippen LogP contribution in [0.3, 0.4) is 0 Å². The Labute approximate surface area is 111 Å². The van der Waals surface area contributed by atoms with Crippen molar-refractivity contribution in [3.63, 3.8) is 0 Å². The molecule has 0 unspecified atom stereocenters. The SMILES string of the molecule is Cn1c2c(c3cc(C(N)=O)ccc31)N1CCC2CC1. The summed E-state index contributed by atoms with van der Waals surface area (Å²) in [4.78, 5) is 13.8. The number of nitrogens with two attached hydrogens (primary N) is 1. The summed E-state index contributed by atoms with van der Waals surface area (Å²) >= 11 is 0. The Balaban J connectivity index is 2.07. The first-order valence-electron chi connectivity index (χ1n) is 6.84. The zero-order valence-electron chi connectivity index (χ0n) is 11.0. The number of benzene rings is 1.